The number of nitrogens with zero attached hydrogens (tertiary/aromatic N) is 1. The summed E-state index contributed by atoms with van der Waals surface area (Å²) in [5, 5.41) is 4.37. The third kappa shape index (κ3) is 3.84. The average Bonchev–Trinajstić information content (AvgIpc) is 2.37. The summed E-state index contributed by atoms with van der Waals surface area (Å²) in [7, 11) is 0. The number of benzene rings is 1. The van der Waals surface area contributed by atoms with E-state index in [0.717, 1.165) is 12.0 Å². The topological polar surface area (TPSA) is 57.8 Å². The Kier molecular flexibility index (Phi) is 5.06. The Morgan fingerprint density at radius 1 is 1.37 bits per heavy atom. The highest BCUT2D eigenvalue weighted by atomic mass is 127. The quantitative estimate of drug-likeness (QED) is 0.761. The van der Waals surface area contributed by atoms with Crippen molar-refractivity contribution < 1.29 is 0 Å². The largest absolute Gasteiger partial charge is 0.369 e. The van der Waals surface area contributed by atoms with Gasteiger partial charge in [-0.2, -0.15) is 0 Å². The van der Waals surface area contributed by atoms with E-state index in [9.17, 15) is 4.79 Å². The highest BCUT2D eigenvalue weighted by molar-refractivity contribution is 14.1. The molecule has 0 saturated carbocycles. The van der Waals surface area contributed by atoms with Gasteiger partial charge < -0.3 is 10.3 Å². The fourth-order valence-electron chi connectivity index (χ4n) is 1.55. The Bertz CT molecular complexity index is 645. The van der Waals surface area contributed by atoms with Crippen LogP contribution in [0.25, 0.3) is 0 Å². The number of halogens is 3. The van der Waals surface area contributed by atoms with Crippen LogP contribution in [0.5, 0.6) is 0 Å². The summed E-state index contributed by atoms with van der Waals surface area (Å²) in [6.45, 7) is 0.633. The summed E-state index contributed by atoms with van der Waals surface area (Å²) >= 11 is 13.9. The molecule has 0 radical (unpaired) electrons. The molecule has 0 spiro atoms. The molecule has 2 aromatic rings. The summed E-state index contributed by atoms with van der Waals surface area (Å²) in [5.41, 5.74) is 0.848. The van der Waals surface area contributed by atoms with Crippen LogP contribution in [0.1, 0.15) is 5.56 Å². The van der Waals surface area contributed by atoms with Crippen molar-refractivity contribution in [2.45, 2.75) is 6.42 Å². The molecule has 0 fully saturated rings. The van der Waals surface area contributed by atoms with Crippen LogP contribution in [0.2, 0.25) is 10.0 Å². The number of aromatic amines is 1. The molecule has 0 saturated heterocycles. The normalized spacial score (nSPS) is 10.5. The van der Waals surface area contributed by atoms with Gasteiger partial charge in [-0.3, -0.25) is 4.79 Å². The van der Waals surface area contributed by atoms with E-state index in [0.29, 0.717) is 26.0 Å². The summed E-state index contributed by atoms with van der Waals surface area (Å²) in [5.74, 6) is 0.578. The third-order valence-electron chi connectivity index (χ3n) is 2.50. The Balaban J connectivity index is 2.00. The Hall–Kier alpha value is -0.790. The number of aromatic nitrogens is 2. The van der Waals surface area contributed by atoms with Crippen LogP contribution in [0.15, 0.2) is 29.3 Å². The lowest BCUT2D eigenvalue weighted by Crippen LogP contribution is -2.16. The monoisotopic (exact) mass is 409 g/mol. The maximum absolute atomic E-state index is 11.4. The van der Waals surface area contributed by atoms with Crippen molar-refractivity contribution in [3.05, 3.63) is 54.1 Å². The number of nitrogens with one attached hydrogen (secondary N) is 2. The second-order valence-electron chi connectivity index (χ2n) is 3.81. The van der Waals surface area contributed by atoms with Gasteiger partial charge in [0.1, 0.15) is 9.39 Å². The minimum Gasteiger partial charge on any atom is -0.369 e. The van der Waals surface area contributed by atoms with Gasteiger partial charge in [0.25, 0.3) is 5.56 Å². The Morgan fingerprint density at radius 2 is 2.16 bits per heavy atom. The average molecular weight is 410 g/mol. The second kappa shape index (κ2) is 6.58. The van der Waals surface area contributed by atoms with Crippen LogP contribution in [-0.4, -0.2) is 16.5 Å². The summed E-state index contributed by atoms with van der Waals surface area (Å²) < 4.78 is 0.544. The molecular formula is C12H10Cl2IN3O. The standard InChI is InChI=1S/C12H10Cl2IN3O/c13-8-2-1-7(9(14)5-8)3-4-16-11-10(15)12(19)18-6-17-11/h1-2,5-6H,3-4H2,(H2,16,17,18,19). The van der Waals surface area contributed by atoms with Crippen molar-refractivity contribution in [3.63, 3.8) is 0 Å². The molecule has 0 bridgehead atoms. The molecule has 0 aliphatic rings. The highest BCUT2D eigenvalue weighted by Gasteiger charge is 2.05. The number of H-pyrrole nitrogens is 1. The molecule has 100 valence electrons. The van der Waals surface area contributed by atoms with Crippen LogP contribution < -0.4 is 10.9 Å². The second-order valence-corrected chi connectivity index (χ2v) is 5.73. The van der Waals surface area contributed by atoms with Crippen molar-refractivity contribution in [1.29, 1.82) is 0 Å². The lowest BCUT2D eigenvalue weighted by atomic mass is 10.1. The molecule has 7 heteroatoms. The van der Waals surface area contributed by atoms with Crippen molar-refractivity contribution in [1.82, 2.24) is 9.97 Å². The summed E-state index contributed by atoms with van der Waals surface area (Å²) in [6.07, 6.45) is 2.10. The van der Waals surface area contributed by atoms with Crippen LogP contribution in [0.3, 0.4) is 0 Å². The fourth-order valence-corrected chi connectivity index (χ4v) is 2.53. The van der Waals surface area contributed by atoms with Crippen LogP contribution in [0, 0.1) is 3.57 Å². The van der Waals surface area contributed by atoms with E-state index >= 15 is 0 Å². The first kappa shape index (κ1) is 14.6. The molecule has 0 aliphatic carbocycles. The zero-order chi connectivity index (χ0) is 13.8. The molecule has 2 rings (SSSR count). The maximum atomic E-state index is 11.4. The van der Waals surface area contributed by atoms with Gasteiger partial charge >= 0.3 is 0 Å². The first-order valence-electron chi connectivity index (χ1n) is 5.49. The van der Waals surface area contributed by atoms with Gasteiger partial charge in [-0.05, 0) is 46.7 Å². The van der Waals surface area contributed by atoms with Crippen molar-refractivity contribution in [2.24, 2.45) is 0 Å². The minimum absolute atomic E-state index is 0.150. The van der Waals surface area contributed by atoms with E-state index in [-0.39, 0.29) is 5.56 Å². The molecule has 0 atom stereocenters. The molecule has 19 heavy (non-hydrogen) atoms. The molecule has 4 nitrogen and oxygen atoms in total. The predicted molar refractivity (Wildman–Crippen MR) is 86.2 cm³/mol. The molecular weight excluding hydrogens is 400 g/mol. The minimum atomic E-state index is -0.150. The number of anilines is 1. The zero-order valence-corrected chi connectivity index (χ0v) is 13.4. The van der Waals surface area contributed by atoms with Crippen LogP contribution in [-0.2, 0) is 6.42 Å². The lowest BCUT2D eigenvalue weighted by molar-refractivity contribution is 0.988. The van der Waals surface area contributed by atoms with Gasteiger partial charge in [0, 0.05) is 16.6 Å². The Labute approximate surface area is 133 Å². The highest BCUT2D eigenvalue weighted by Crippen LogP contribution is 2.21. The smallest absolute Gasteiger partial charge is 0.266 e. The Morgan fingerprint density at radius 3 is 2.89 bits per heavy atom. The summed E-state index contributed by atoms with van der Waals surface area (Å²) in [4.78, 5) is 18.0. The van der Waals surface area contributed by atoms with E-state index in [1.807, 2.05) is 28.7 Å². The molecule has 1 aromatic heterocycles. The fraction of sp³-hybridized carbons (Fsp3) is 0.167. The zero-order valence-electron chi connectivity index (χ0n) is 9.71. The number of hydrogen-bond donors (Lipinski definition) is 2. The number of rotatable bonds is 4. The van der Waals surface area contributed by atoms with E-state index in [1.165, 1.54) is 6.33 Å². The lowest BCUT2D eigenvalue weighted by Gasteiger charge is -2.08. The third-order valence-corrected chi connectivity index (χ3v) is 4.09. The van der Waals surface area contributed by atoms with Crippen LogP contribution >= 0.6 is 45.8 Å². The van der Waals surface area contributed by atoms with Gasteiger partial charge in [0.05, 0.1) is 6.33 Å². The van der Waals surface area contributed by atoms with Gasteiger partial charge in [0.15, 0.2) is 0 Å². The van der Waals surface area contributed by atoms with Gasteiger partial charge in [-0.15, -0.1) is 0 Å². The van der Waals surface area contributed by atoms with Gasteiger partial charge in [-0.1, -0.05) is 29.3 Å². The van der Waals surface area contributed by atoms with E-state index in [4.69, 9.17) is 23.2 Å². The van der Waals surface area contributed by atoms with Crippen LogP contribution in [0.4, 0.5) is 5.82 Å². The van der Waals surface area contributed by atoms with Crippen molar-refractivity contribution in [3.8, 4) is 0 Å². The molecule has 0 unspecified atom stereocenters. The van der Waals surface area contributed by atoms with Crippen molar-refractivity contribution >= 4 is 51.6 Å². The number of hydrogen-bond acceptors (Lipinski definition) is 3. The molecule has 1 heterocycles. The van der Waals surface area contributed by atoms with Crippen molar-refractivity contribution in [2.75, 3.05) is 11.9 Å². The first-order valence-corrected chi connectivity index (χ1v) is 7.32. The van der Waals surface area contributed by atoms with Gasteiger partial charge in [-0.25, -0.2) is 4.98 Å². The predicted octanol–water partition coefficient (Wildman–Crippen LogP) is 3.34. The van der Waals surface area contributed by atoms with Gasteiger partial charge in [0.2, 0.25) is 0 Å². The SMILES string of the molecule is O=c1[nH]cnc(NCCc2ccc(Cl)cc2Cl)c1I. The summed E-state index contributed by atoms with van der Waals surface area (Å²) in [6, 6.07) is 5.41. The van der Waals surface area contributed by atoms with E-state index in [2.05, 4.69) is 15.3 Å². The molecule has 0 aliphatic heterocycles. The maximum Gasteiger partial charge on any atom is 0.266 e. The molecule has 2 N–H and O–H groups in total. The molecule has 0 amide bonds. The first-order chi connectivity index (χ1) is 9.08. The van der Waals surface area contributed by atoms with E-state index in [1.54, 1.807) is 12.1 Å². The van der Waals surface area contributed by atoms with E-state index < -0.39 is 0 Å². The molecule has 1 aromatic carbocycles.